The third kappa shape index (κ3) is 1.70. The van der Waals surface area contributed by atoms with Crippen LogP contribution in [0, 0.1) is 17.4 Å². The second-order valence-corrected chi connectivity index (χ2v) is 4.87. The highest BCUT2D eigenvalue weighted by Crippen LogP contribution is 2.33. The maximum absolute atomic E-state index is 9.15. The zero-order chi connectivity index (χ0) is 11.8. The lowest BCUT2D eigenvalue weighted by Gasteiger charge is -2.41. The first-order chi connectivity index (χ1) is 8.28. The molecular weight excluding hydrogens is 214 g/mol. The number of hydrogen-bond donors (Lipinski definition) is 1. The molecule has 1 aliphatic heterocycles. The summed E-state index contributed by atoms with van der Waals surface area (Å²) in [6, 6.07) is 0.341. The van der Waals surface area contributed by atoms with Crippen molar-refractivity contribution in [1.29, 1.82) is 5.26 Å². The van der Waals surface area contributed by atoms with Crippen molar-refractivity contribution in [3.63, 3.8) is 0 Å². The molecule has 2 aliphatic rings. The van der Waals surface area contributed by atoms with Crippen molar-refractivity contribution >= 4 is 5.95 Å². The van der Waals surface area contributed by atoms with Gasteiger partial charge in [-0.3, -0.25) is 0 Å². The number of aromatic nitrogens is 2. The standard InChI is InChI=1S/C12H15N5/c13-7-17-3-1-2-8-4-10-9(5-11(8)17)6-15-12(14)16-10/h6,8,11H,1-5H2,(H2,14,15,16)/t8-,11-/m0/s1. The van der Waals surface area contributed by atoms with Gasteiger partial charge < -0.3 is 10.6 Å². The number of nitrogens with two attached hydrogens (primary N) is 1. The molecule has 0 radical (unpaired) electrons. The normalized spacial score (nSPS) is 26.9. The van der Waals surface area contributed by atoms with Gasteiger partial charge in [-0.1, -0.05) is 0 Å². The van der Waals surface area contributed by atoms with Crippen molar-refractivity contribution in [2.45, 2.75) is 31.7 Å². The Morgan fingerprint density at radius 2 is 2.35 bits per heavy atom. The summed E-state index contributed by atoms with van der Waals surface area (Å²) in [5.41, 5.74) is 7.86. The minimum absolute atomic E-state index is 0.341. The number of hydrogen-bond acceptors (Lipinski definition) is 5. The van der Waals surface area contributed by atoms with Crippen molar-refractivity contribution < 1.29 is 0 Å². The van der Waals surface area contributed by atoms with Crippen LogP contribution in [0.1, 0.15) is 24.1 Å². The molecular formula is C12H15N5. The Morgan fingerprint density at radius 3 is 3.18 bits per heavy atom. The van der Waals surface area contributed by atoms with Crippen LogP contribution in [0.3, 0.4) is 0 Å². The average molecular weight is 229 g/mol. The van der Waals surface area contributed by atoms with Crippen molar-refractivity contribution in [1.82, 2.24) is 14.9 Å². The van der Waals surface area contributed by atoms with E-state index in [2.05, 4.69) is 16.2 Å². The van der Waals surface area contributed by atoms with Gasteiger partial charge in [0.2, 0.25) is 5.95 Å². The molecule has 0 amide bonds. The van der Waals surface area contributed by atoms with Crippen LogP contribution in [0.15, 0.2) is 6.20 Å². The molecule has 0 saturated carbocycles. The molecule has 2 heterocycles. The van der Waals surface area contributed by atoms with Crippen molar-refractivity contribution in [3.8, 4) is 6.19 Å². The zero-order valence-electron chi connectivity index (χ0n) is 9.63. The fourth-order valence-corrected chi connectivity index (χ4v) is 3.05. The van der Waals surface area contributed by atoms with Gasteiger partial charge in [0.1, 0.15) is 0 Å². The molecule has 0 aromatic carbocycles. The van der Waals surface area contributed by atoms with Gasteiger partial charge in [0.15, 0.2) is 6.19 Å². The monoisotopic (exact) mass is 229 g/mol. The predicted octanol–water partition coefficient (Wildman–Crippen LogP) is 0.719. The molecule has 2 N–H and O–H groups in total. The summed E-state index contributed by atoms with van der Waals surface area (Å²) in [6.07, 6.45) is 8.24. The van der Waals surface area contributed by atoms with Crippen LogP contribution in [0.25, 0.3) is 0 Å². The summed E-state index contributed by atoms with van der Waals surface area (Å²) in [7, 11) is 0. The molecule has 1 aromatic heterocycles. The summed E-state index contributed by atoms with van der Waals surface area (Å²) >= 11 is 0. The quantitative estimate of drug-likeness (QED) is 0.663. The second kappa shape index (κ2) is 3.88. The number of nitrogens with zero attached hydrogens (tertiary/aromatic N) is 4. The summed E-state index contributed by atoms with van der Waals surface area (Å²) in [5, 5.41) is 9.15. The van der Waals surface area contributed by atoms with E-state index in [1.807, 2.05) is 11.1 Å². The molecule has 5 heteroatoms. The molecule has 17 heavy (non-hydrogen) atoms. The Hall–Kier alpha value is -1.83. The highest BCUT2D eigenvalue weighted by atomic mass is 15.2. The van der Waals surface area contributed by atoms with Crippen LogP contribution in [0.4, 0.5) is 5.95 Å². The number of rotatable bonds is 0. The topological polar surface area (TPSA) is 78.8 Å². The third-order valence-corrected chi connectivity index (χ3v) is 3.90. The SMILES string of the molecule is N#CN1CCC[C@H]2Cc3nc(N)ncc3C[C@@H]21. The number of likely N-dealkylation sites (tertiary alicyclic amines) is 1. The highest BCUT2D eigenvalue weighted by Gasteiger charge is 2.35. The minimum Gasteiger partial charge on any atom is -0.368 e. The Bertz CT molecular complexity index is 478. The van der Waals surface area contributed by atoms with Gasteiger partial charge in [-0.25, -0.2) is 9.97 Å². The fourth-order valence-electron chi connectivity index (χ4n) is 3.05. The summed E-state index contributed by atoms with van der Waals surface area (Å²) in [5.74, 6) is 0.903. The van der Waals surface area contributed by atoms with Crippen molar-refractivity contribution in [3.05, 3.63) is 17.5 Å². The van der Waals surface area contributed by atoms with Gasteiger partial charge in [0, 0.05) is 24.5 Å². The van der Waals surface area contributed by atoms with E-state index >= 15 is 0 Å². The number of anilines is 1. The summed E-state index contributed by atoms with van der Waals surface area (Å²) in [4.78, 5) is 10.3. The molecule has 88 valence electrons. The molecule has 1 saturated heterocycles. The van der Waals surface area contributed by atoms with Gasteiger partial charge >= 0.3 is 0 Å². The zero-order valence-corrected chi connectivity index (χ0v) is 9.63. The van der Waals surface area contributed by atoms with E-state index in [0.29, 0.717) is 17.9 Å². The summed E-state index contributed by atoms with van der Waals surface area (Å²) in [6.45, 7) is 0.892. The van der Waals surface area contributed by atoms with Crippen LogP contribution >= 0.6 is 0 Å². The molecule has 1 aliphatic carbocycles. The third-order valence-electron chi connectivity index (χ3n) is 3.90. The van der Waals surface area contributed by atoms with Crippen molar-refractivity contribution in [2.75, 3.05) is 12.3 Å². The first-order valence-corrected chi connectivity index (χ1v) is 6.04. The lowest BCUT2D eigenvalue weighted by Crippen LogP contribution is -2.47. The largest absolute Gasteiger partial charge is 0.368 e. The first-order valence-electron chi connectivity index (χ1n) is 6.04. The van der Waals surface area contributed by atoms with Crippen LogP contribution in [-0.2, 0) is 12.8 Å². The van der Waals surface area contributed by atoms with Gasteiger partial charge in [0.25, 0.3) is 0 Å². The molecule has 0 unspecified atom stereocenters. The Morgan fingerprint density at radius 1 is 1.47 bits per heavy atom. The van der Waals surface area contributed by atoms with Gasteiger partial charge in [-0.2, -0.15) is 5.26 Å². The van der Waals surface area contributed by atoms with E-state index < -0.39 is 0 Å². The molecule has 5 nitrogen and oxygen atoms in total. The first kappa shape index (κ1) is 10.3. The van der Waals surface area contributed by atoms with E-state index in [1.54, 1.807) is 0 Å². The molecule has 2 atom stereocenters. The number of piperidine rings is 1. The Kier molecular flexibility index (Phi) is 2.36. The highest BCUT2D eigenvalue weighted by molar-refractivity contribution is 5.29. The number of nitriles is 1. The minimum atomic E-state index is 0.341. The molecule has 0 spiro atoms. The Labute approximate surface area is 100 Å². The fraction of sp³-hybridized carbons (Fsp3) is 0.583. The van der Waals surface area contributed by atoms with Gasteiger partial charge in [0.05, 0.1) is 0 Å². The maximum Gasteiger partial charge on any atom is 0.220 e. The number of fused-ring (bicyclic) bond motifs is 2. The second-order valence-electron chi connectivity index (χ2n) is 4.87. The smallest absolute Gasteiger partial charge is 0.220 e. The van der Waals surface area contributed by atoms with Crippen LogP contribution < -0.4 is 5.73 Å². The van der Waals surface area contributed by atoms with Crippen LogP contribution in [0.2, 0.25) is 0 Å². The molecule has 3 rings (SSSR count). The predicted molar refractivity (Wildman–Crippen MR) is 62.7 cm³/mol. The van der Waals surface area contributed by atoms with Crippen molar-refractivity contribution in [2.24, 2.45) is 5.92 Å². The molecule has 1 aromatic rings. The van der Waals surface area contributed by atoms with E-state index in [-0.39, 0.29) is 0 Å². The van der Waals surface area contributed by atoms with Gasteiger partial charge in [-0.05, 0) is 37.2 Å². The lowest BCUT2D eigenvalue weighted by molar-refractivity contribution is 0.139. The summed E-state index contributed by atoms with van der Waals surface area (Å²) < 4.78 is 0. The molecule has 1 fully saturated rings. The maximum atomic E-state index is 9.15. The van der Waals surface area contributed by atoms with E-state index in [4.69, 9.17) is 11.0 Å². The average Bonchev–Trinajstić information content (AvgIpc) is 2.35. The lowest BCUT2D eigenvalue weighted by atomic mass is 9.77. The number of nitrogen functional groups attached to an aromatic ring is 1. The van der Waals surface area contributed by atoms with Gasteiger partial charge in [-0.15, -0.1) is 0 Å². The Balaban J connectivity index is 1.93. The van der Waals surface area contributed by atoms with Crippen LogP contribution in [0.5, 0.6) is 0 Å². The van der Waals surface area contributed by atoms with Crippen LogP contribution in [-0.4, -0.2) is 27.5 Å². The molecule has 0 bridgehead atoms. The van der Waals surface area contributed by atoms with E-state index in [0.717, 1.165) is 37.1 Å². The van der Waals surface area contributed by atoms with E-state index in [9.17, 15) is 0 Å². The van der Waals surface area contributed by atoms with E-state index in [1.165, 1.54) is 6.42 Å².